The molecule has 51 heavy (non-hydrogen) atoms. The van der Waals surface area contributed by atoms with Crippen molar-refractivity contribution in [2.24, 2.45) is 0 Å². The SMILES string of the molecule is Oc1ccc(C=Cc2c3c(cc4oc(-c5ccc(O)cc5)c(-c5cc(O)cc(O)c5)c24)OC(c2ccc(O)cc2)C3c2cc(O)cc(O)c2)cc1. The molecule has 0 saturated carbocycles. The molecule has 2 atom stereocenters. The topological polar surface area (TPSA) is 164 Å². The molecule has 0 bridgehead atoms. The summed E-state index contributed by atoms with van der Waals surface area (Å²) in [6, 6.07) is 30.2. The highest BCUT2D eigenvalue weighted by atomic mass is 16.5. The second-order valence-electron chi connectivity index (χ2n) is 12.5. The Hall–Kier alpha value is -7.00. The molecule has 1 aliphatic rings. The second kappa shape index (κ2) is 12.2. The predicted octanol–water partition coefficient (Wildman–Crippen LogP) is 9.14. The summed E-state index contributed by atoms with van der Waals surface area (Å²) in [5, 5.41) is 73.3. The molecule has 6 aromatic carbocycles. The number of aromatic hydroxyl groups is 7. The summed E-state index contributed by atoms with van der Waals surface area (Å²) in [4.78, 5) is 0. The average molecular weight is 679 g/mol. The van der Waals surface area contributed by atoms with Crippen LogP contribution in [-0.2, 0) is 0 Å². The van der Waals surface area contributed by atoms with Gasteiger partial charge in [-0.25, -0.2) is 0 Å². The third-order valence-corrected chi connectivity index (χ3v) is 9.05. The smallest absolute Gasteiger partial charge is 0.143 e. The maximum atomic E-state index is 10.7. The maximum Gasteiger partial charge on any atom is 0.143 e. The standard InChI is InChI=1S/C42H30O9/c43-27-8-1-22(2-9-27)3-14-34-39-35(50-41(23-4-10-28(44)11-5-23)37(39)25-15-30(46)19-31(47)16-25)21-36-40(34)38(26-17-32(48)20-33(49)18-26)42(51-36)24-6-12-29(45)13-7-24/h1-21,37,41,43-49H. The van der Waals surface area contributed by atoms with Crippen molar-refractivity contribution >= 4 is 23.1 Å². The van der Waals surface area contributed by atoms with Gasteiger partial charge in [0.1, 0.15) is 63.4 Å². The van der Waals surface area contributed by atoms with Gasteiger partial charge in [0.05, 0.1) is 5.92 Å². The van der Waals surface area contributed by atoms with E-state index >= 15 is 0 Å². The summed E-state index contributed by atoms with van der Waals surface area (Å²) in [6.45, 7) is 0. The molecule has 2 unspecified atom stereocenters. The minimum Gasteiger partial charge on any atom is -0.508 e. The molecular formula is C42H30O9. The van der Waals surface area contributed by atoms with Gasteiger partial charge in [0.15, 0.2) is 0 Å². The Bertz CT molecular complexity index is 2420. The minimum atomic E-state index is -0.668. The number of ether oxygens (including phenoxy) is 1. The van der Waals surface area contributed by atoms with E-state index in [9.17, 15) is 35.7 Å². The van der Waals surface area contributed by atoms with Crippen LogP contribution in [0.2, 0.25) is 0 Å². The van der Waals surface area contributed by atoms with Gasteiger partial charge in [0.25, 0.3) is 0 Å². The quantitative estimate of drug-likeness (QED) is 0.0850. The van der Waals surface area contributed by atoms with E-state index in [1.54, 1.807) is 78.9 Å². The fourth-order valence-corrected chi connectivity index (χ4v) is 6.89. The summed E-state index contributed by atoms with van der Waals surface area (Å²) in [7, 11) is 0. The molecule has 8 rings (SSSR count). The molecule has 1 aliphatic heterocycles. The zero-order chi connectivity index (χ0) is 35.4. The first-order valence-corrected chi connectivity index (χ1v) is 16.0. The van der Waals surface area contributed by atoms with Crippen LogP contribution >= 0.6 is 0 Å². The number of hydrogen-bond donors (Lipinski definition) is 7. The fourth-order valence-electron chi connectivity index (χ4n) is 6.89. The van der Waals surface area contributed by atoms with Crippen LogP contribution in [0.1, 0.15) is 39.8 Å². The van der Waals surface area contributed by atoms with Gasteiger partial charge in [-0.3, -0.25) is 0 Å². The fraction of sp³-hybridized carbons (Fsp3) is 0.0476. The van der Waals surface area contributed by atoms with E-state index in [1.807, 2.05) is 12.2 Å². The molecule has 9 nitrogen and oxygen atoms in total. The molecule has 0 radical (unpaired) electrons. The average Bonchev–Trinajstić information content (AvgIpc) is 3.66. The lowest BCUT2D eigenvalue weighted by Crippen LogP contribution is -2.12. The van der Waals surface area contributed by atoms with Gasteiger partial charge >= 0.3 is 0 Å². The monoisotopic (exact) mass is 678 g/mol. The highest BCUT2D eigenvalue weighted by Gasteiger charge is 2.41. The van der Waals surface area contributed by atoms with Crippen LogP contribution in [0.3, 0.4) is 0 Å². The molecule has 9 heteroatoms. The molecular weight excluding hydrogens is 648 g/mol. The van der Waals surface area contributed by atoms with Crippen LogP contribution < -0.4 is 4.74 Å². The summed E-state index contributed by atoms with van der Waals surface area (Å²) in [5.74, 6) is -0.0882. The van der Waals surface area contributed by atoms with Crippen molar-refractivity contribution in [1.82, 2.24) is 0 Å². The Labute approximate surface area is 291 Å². The molecule has 7 aromatic rings. The number of furan rings is 1. The van der Waals surface area contributed by atoms with Gasteiger partial charge in [0.2, 0.25) is 0 Å². The van der Waals surface area contributed by atoms with Crippen LogP contribution in [0.25, 0.3) is 45.6 Å². The number of hydrogen-bond acceptors (Lipinski definition) is 9. The van der Waals surface area contributed by atoms with Crippen LogP contribution in [-0.4, -0.2) is 35.7 Å². The second-order valence-corrected chi connectivity index (χ2v) is 12.5. The van der Waals surface area contributed by atoms with Gasteiger partial charge in [0, 0.05) is 40.3 Å². The van der Waals surface area contributed by atoms with Crippen LogP contribution in [0.4, 0.5) is 0 Å². The highest BCUT2D eigenvalue weighted by Crippen LogP contribution is 2.56. The van der Waals surface area contributed by atoms with Gasteiger partial charge < -0.3 is 44.9 Å². The normalized spacial score (nSPS) is 15.3. The van der Waals surface area contributed by atoms with E-state index in [4.69, 9.17) is 9.15 Å². The highest BCUT2D eigenvalue weighted by molar-refractivity contribution is 6.08. The van der Waals surface area contributed by atoms with Crippen LogP contribution in [0, 0.1) is 0 Å². The van der Waals surface area contributed by atoms with Crippen LogP contribution in [0.15, 0.2) is 120 Å². The third kappa shape index (κ3) is 5.76. The molecule has 0 amide bonds. The first-order valence-electron chi connectivity index (χ1n) is 16.0. The molecule has 0 fully saturated rings. The van der Waals surface area contributed by atoms with Crippen molar-refractivity contribution in [1.29, 1.82) is 0 Å². The maximum absolute atomic E-state index is 10.7. The number of fused-ring (bicyclic) bond motifs is 2. The summed E-state index contributed by atoms with van der Waals surface area (Å²) < 4.78 is 13.3. The summed E-state index contributed by atoms with van der Waals surface area (Å²) in [6.07, 6.45) is 3.10. The predicted molar refractivity (Wildman–Crippen MR) is 192 cm³/mol. The van der Waals surface area contributed by atoms with Crippen molar-refractivity contribution in [3.8, 4) is 68.4 Å². The Morgan fingerprint density at radius 1 is 0.490 bits per heavy atom. The molecule has 1 aromatic heterocycles. The van der Waals surface area contributed by atoms with E-state index in [2.05, 4.69) is 0 Å². The van der Waals surface area contributed by atoms with E-state index in [0.29, 0.717) is 55.9 Å². The Morgan fingerprint density at radius 2 is 1.04 bits per heavy atom. The summed E-state index contributed by atoms with van der Waals surface area (Å²) >= 11 is 0. The first kappa shape index (κ1) is 31.3. The zero-order valence-corrected chi connectivity index (χ0v) is 26.7. The van der Waals surface area contributed by atoms with Gasteiger partial charge in [-0.15, -0.1) is 0 Å². The lowest BCUT2D eigenvalue weighted by Gasteiger charge is -2.21. The van der Waals surface area contributed by atoms with E-state index in [1.165, 1.54) is 36.4 Å². The third-order valence-electron chi connectivity index (χ3n) is 9.05. The molecule has 7 N–H and O–H groups in total. The van der Waals surface area contributed by atoms with Crippen molar-refractivity contribution < 1.29 is 44.9 Å². The Morgan fingerprint density at radius 3 is 1.65 bits per heavy atom. The van der Waals surface area contributed by atoms with Gasteiger partial charge in [-0.1, -0.05) is 36.4 Å². The van der Waals surface area contributed by atoms with E-state index < -0.39 is 12.0 Å². The van der Waals surface area contributed by atoms with Crippen molar-refractivity contribution in [3.05, 3.63) is 143 Å². The first-order chi connectivity index (χ1) is 24.6. The molecule has 2 heterocycles. The van der Waals surface area contributed by atoms with Gasteiger partial charge in [-0.05, 0) is 101 Å². The van der Waals surface area contributed by atoms with E-state index in [0.717, 1.165) is 11.1 Å². The number of phenols is 7. The number of phenolic OH excluding ortho intramolecular Hbond substituents is 7. The zero-order valence-electron chi connectivity index (χ0n) is 26.7. The van der Waals surface area contributed by atoms with Crippen molar-refractivity contribution in [3.63, 3.8) is 0 Å². The summed E-state index contributed by atoms with van der Waals surface area (Å²) in [5.41, 5.74) is 5.44. The lowest BCUT2D eigenvalue weighted by atomic mass is 9.81. The molecule has 0 aliphatic carbocycles. The Kier molecular flexibility index (Phi) is 7.45. The molecule has 0 spiro atoms. The van der Waals surface area contributed by atoms with Gasteiger partial charge in [-0.2, -0.15) is 0 Å². The minimum absolute atomic E-state index is 0.0637. The Balaban J connectivity index is 1.49. The lowest BCUT2D eigenvalue weighted by molar-refractivity contribution is 0.222. The number of benzene rings is 6. The van der Waals surface area contributed by atoms with Crippen molar-refractivity contribution in [2.75, 3.05) is 0 Å². The number of rotatable bonds is 6. The molecule has 0 saturated heterocycles. The van der Waals surface area contributed by atoms with E-state index in [-0.39, 0.29) is 40.2 Å². The largest absolute Gasteiger partial charge is 0.508 e. The molecule has 252 valence electrons. The van der Waals surface area contributed by atoms with Crippen LogP contribution in [0.5, 0.6) is 46.0 Å². The van der Waals surface area contributed by atoms with Crippen molar-refractivity contribution in [2.45, 2.75) is 12.0 Å².